The summed E-state index contributed by atoms with van der Waals surface area (Å²) >= 11 is 0. The third-order valence-electron chi connectivity index (χ3n) is 1.87. The summed E-state index contributed by atoms with van der Waals surface area (Å²) < 4.78 is 10.1. The van der Waals surface area contributed by atoms with E-state index in [9.17, 15) is 9.90 Å². The van der Waals surface area contributed by atoms with E-state index in [1.807, 2.05) is 0 Å². The Labute approximate surface area is 94.8 Å². The van der Waals surface area contributed by atoms with Crippen molar-refractivity contribution in [3.8, 4) is 11.5 Å². The smallest absolute Gasteiger partial charge is 0.338 e. The Balaban J connectivity index is 2.84. The molecule has 1 N–H and O–H groups in total. The molecule has 4 heteroatoms. The van der Waals surface area contributed by atoms with E-state index in [2.05, 4.69) is 6.92 Å². The fourth-order valence-corrected chi connectivity index (χ4v) is 1.15. The van der Waals surface area contributed by atoms with Crippen LogP contribution in [0, 0.1) is 6.92 Å². The maximum atomic E-state index is 11.4. The van der Waals surface area contributed by atoms with E-state index in [4.69, 9.17) is 9.47 Å². The van der Waals surface area contributed by atoms with Crippen molar-refractivity contribution in [2.24, 2.45) is 0 Å². The summed E-state index contributed by atoms with van der Waals surface area (Å²) in [6, 6.07) is 4.36. The average Bonchev–Trinajstić information content (AvgIpc) is 2.28. The number of rotatable bonds is 5. The van der Waals surface area contributed by atoms with E-state index < -0.39 is 5.97 Å². The highest BCUT2D eigenvalue weighted by Gasteiger charge is 2.10. The molecule has 4 nitrogen and oxygen atoms in total. The van der Waals surface area contributed by atoms with Crippen LogP contribution in [0.15, 0.2) is 18.2 Å². The lowest BCUT2D eigenvalue weighted by molar-refractivity contribution is 0.0526. The van der Waals surface area contributed by atoms with E-state index in [0.29, 0.717) is 25.2 Å². The van der Waals surface area contributed by atoms with Crippen molar-refractivity contribution in [2.75, 3.05) is 13.2 Å². The summed E-state index contributed by atoms with van der Waals surface area (Å²) in [6.45, 7) is 6.06. The zero-order valence-electron chi connectivity index (χ0n) is 9.23. The molecule has 0 fully saturated rings. The van der Waals surface area contributed by atoms with Gasteiger partial charge in [-0.1, -0.05) is 0 Å². The molecule has 1 aromatic rings. The molecular weight excluding hydrogens is 208 g/mol. The highest BCUT2D eigenvalue weighted by atomic mass is 16.5. The van der Waals surface area contributed by atoms with Crippen LogP contribution in [0.5, 0.6) is 11.5 Å². The van der Waals surface area contributed by atoms with Crippen LogP contribution in [0.1, 0.15) is 23.7 Å². The molecule has 1 rings (SSSR count). The van der Waals surface area contributed by atoms with Crippen LogP contribution in [-0.4, -0.2) is 24.3 Å². The monoisotopic (exact) mass is 223 g/mol. The van der Waals surface area contributed by atoms with E-state index in [0.717, 1.165) is 0 Å². The summed E-state index contributed by atoms with van der Waals surface area (Å²) in [4.78, 5) is 11.4. The standard InChI is InChI=1S/C12H15O4/c1-3-7-16-11-8-9(5-6-10(11)13)12(14)15-4-2/h5-6,8,13H,1,3-4,7H2,2H3. The number of aromatic hydroxyl groups is 1. The molecule has 0 bridgehead atoms. The minimum Gasteiger partial charge on any atom is -0.504 e. The highest BCUT2D eigenvalue weighted by molar-refractivity contribution is 5.90. The average molecular weight is 223 g/mol. The molecule has 0 unspecified atom stereocenters. The molecule has 0 amide bonds. The van der Waals surface area contributed by atoms with E-state index in [1.165, 1.54) is 18.2 Å². The van der Waals surface area contributed by atoms with Gasteiger partial charge in [0.15, 0.2) is 11.5 Å². The highest BCUT2D eigenvalue weighted by Crippen LogP contribution is 2.27. The molecule has 0 spiro atoms. The molecule has 0 aromatic heterocycles. The minimum absolute atomic E-state index is 0.00139. The summed E-state index contributed by atoms with van der Waals surface area (Å²) in [7, 11) is 0. The molecule has 0 aliphatic rings. The molecule has 0 saturated heterocycles. The van der Waals surface area contributed by atoms with Gasteiger partial charge in [0.05, 0.1) is 18.8 Å². The molecule has 0 atom stereocenters. The van der Waals surface area contributed by atoms with Crippen molar-refractivity contribution in [2.45, 2.75) is 13.3 Å². The van der Waals surface area contributed by atoms with Gasteiger partial charge in [-0.25, -0.2) is 4.79 Å². The van der Waals surface area contributed by atoms with Gasteiger partial charge in [0.1, 0.15) is 0 Å². The lowest BCUT2D eigenvalue weighted by Gasteiger charge is -2.08. The van der Waals surface area contributed by atoms with Crippen LogP contribution < -0.4 is 4.74 Å². The van der Waals surface area contributed by atoms with Gasteiger partial charge < -0.3 is 14.6 Å². The second-order valence-electron chi connectivity index (χ2n) is 3.10. The third-order valence-corrected chi connectivity index (χ3v) is 1.87. The molecule has 1 radical (unpaired) electrons. The largest absolute Gasteiger partial charge is 0.504 e. The van der Waals surface area contributed by atoms with Crippen LogP contribution in [0.3, 0.4) is 0 Å². The van der Waals surface area contributed by atoms with Crippen LogP contribution in [0.4, 0.5) is 0 Å². The van der Waals surface area contributed by atoms with Crippen molar-refractivity contribution in [3.05, 3.63) is 30.7 Å². The molecule has 87 valence electrons. The molecule has 0 aliphatic heterocycles. The van der Waals surface area contributed by atoms with Gasteiger partial charge in [-0.3, -0.25) is 0 Å². The zero-order chi connectivity index (χ0) is 12.0. The van der Waals surface area contributed by atoms with Crippen LogP contribution in [-0.2, 0) is 4.74 Å². The quantitative estimate of drug-likeness (QED) is 0.777. The second kappa shape index (κ2) is 6.00. The maximum absolute atomic E-state index is 11.4. The molecule has 1 aromatic carbocycles. The fraction of sp³-hybridized carbons (Fsp3) is 0.333. The number of phenols is 1. The van der Waals surface area contributed by atoms with Gasteiger partial charge in [-0.2, -0.15) is 0 Å². The van der Waals surface area contributed by atoms with Crippen molar-refractivity contribution in [1.82, 2.24) is 0 Å². The Morgan fingerprint density at radius 2 is 2.25 bits per heavy atom. The Bertz CT molecular complexity index is 360. The molecule has 0 heterocycles. The number of benzene rings is 1. The Morgan fingerprint density at radius 3 is 2.88 bits per heavy atom. The number of hydrogen-bond donors (Lipinski definition) is 1. The number of carbonyl (C=O) groups is 1. The topological polar surface area (TPSA) is 55.8 Å². The van der Waals surface area contributed by atoms with E-state index in [-0.39, 0.29) is 11.5 Å². The van der Waals surface area contributed by atoms with E-state index in [1.54, 1.807) is 6.92 Å². The van der Waals surface area contributed by atoms with Gasteiger partial charge in [-0.05, 0) is 38.5 Å². The van der Waals surface area contributed by atoms with Crippen molar-refractivity contribution in [1.29, 1.82) is 0 Å². The molecular formula is C12H15O4. The van der Waals surface area contributed by atoms with Gasteiger partial charge in [0.25, 0.3) is 0 Å². The summed E-state index contributed by atoms with van der Waals surface area (Å²) in [6.07, 6.45) is 0.586. The van der Waals surface area contributed by atoms with Crippen molar-refractivity contribution < 1.29 is 19.4 Å². The van der Waals surface area contributed by atoms with Crippen LogP contribution >= 0.6 is 0 Å². The van der Waals surface area contributed by atoms with E-state index >= 15 is 0 Å². The SMILES string of the molecule is [CH2]CCOc1cc(C(=O)OCC)ccc1O. The zero-order valence-corrected chi connectivity index (χ0v) is 9.23. The number of phenolic OH excluding ortho intramolecular Hbond substituents is 1. The Kier molecular flexibility index (Phi) is 4.64. The third kappa shape index (κ3) is 3.15. The maximum Gasteiger partial charge on any atom is 0.338 e. The predicted molar refractivity (Wildman–Crippen MR) is 59.5 cm³/mol. The van der Waals surface area contributed by atoms with Gasteiger partial charge in [0, 0.05) is 0 Å². The fourth-order valence-electron chi connectivity index (χ4n) is 1.15. The number of ether oxygens (including phenoxy) is 2. The first kappa shape index (κ1) is 12.4. The molecule has 0 saturated carbocycles. The predicted octanol–water partition coefficient (Wildman–Crippen LogP) is 2.17. The normalized spacial score (nSPS) is 9.88. The lowest BCUT2D eigenvalue weighted by atomic mass is 10.2. The van der Waals surface area contributed by atoms with Crippen LogP contribution in [0.2, 0.25) is 0 Å². The number of esters is 1. The first-order valence-electron chi connectivity index (χ1n) is 5.11. The van der Waals surface area contributed by atoms with Gasteiger partial charge >= 0.3 is 5.97 Å². The van der Waals surface area contributed by atoms with Crippen molar-refractivity contribution >= 4 is 5.97 Å². The van der Waals surface area contributed by atoms with Gasteiger partial charge in [0.2, 0.25) is 0 Å². The first-order chi connectivity index (χ1) is 7.69. The number of hydrogen-bond acceptors (Lipinski definition) is 4. The van der Waals surface area contributed by atoms with Crippen molar-refractivity contribution in [3.63, 3.8) is 0 Å². The summed E-state index contributed by atoms with van der Waals surface area (Å²) in [5, 5.41) is 9.48. The Morgan fingerprint density at radius 1 is 1.50 bits per heavy atom. The summed E-state index contributed by atoms with van der Waals surface area (Å²) in [5.74, 6) is -0.155. The molecule has 16 heavy (non-hydrogen) atoms. The molecule has 0 aliphatic carbocycles. The van der Waals surface area contributed by atoms with Gasteiger partial charge in [-0.15, -0.1) is 0 Å². The second-order valence-corrected chi connectivity index (χ2v) is 3.10. The van der Waals surface area contributed by atoms with Crippen LogP contribution in [0.25, 0.3) is 0 Å². The first-order valence-corrected chi connectivity index (χ1v) is 5.11. The Hall–Kier alpha value is -1.71. The summed E-state index contributed by atoms with van der Waals surface area (Å²) in [5.41, 5.74) is 0.360. The number of carbonyl (C=O) groups excluding carboxylic acids is 1. The minimum atomic E-state index is -0.429. The lowest BCUT2D eigenvalue weighted by Crippen LogP contribution is -2.05.